The van der Waals surface area contributed by atoms with Gasteiger partial charge in [-0.2, -0.15) is 0 Å². The first-order chi connectivity index (χ1) is 21.0. The van der Waals surface area contributed by atoms with Gasteiger partial charge in [0.15, 0.2) is 11.4 Å². The monoisotopic (exact) mass is 625 g/mol. The van der Waals surface area contributed by atoms with Crippen molar-refractivity contribution in [2.75, 3.05) is 51.5 Å². The maximum Gasteiger partial charge on any atom is 0.255 e. The Labute approximate surface area is 262 Å². The molecule has 1 aliphatic heterocycles. The average Bonchev–Trinajstić information content (AvgIpc) is 2.95. The molecular formula is C32H43N5O8. The third kappa shape index (κ3) is 4.97. The van der Waals surface area contributed by atoms with Crippen molar-refractivity contribution in [2.24, 2.45) is 23.5 Å². The Morgan fingerprint density at radius 3 is 2.24 bits per heavy atom. The molecule has 13 nitrogen and oxygen atoms in total. The molecule has 1 heterocycles. The van der Waals surface area contributed by atoms with E-state index >= 15 is 0 Å². The second kappa shape index (κ2) is 11.5. The van der Waals surface area contributed by atoms with E-state index in [1.165, 1.54) is 4.90 Å². The average molecular weight is 626 g/mol. The summed E-state index contributed by atoms with van der Waals surface area (Å²) in [6.07, 6.45) is 1.45. The Morgan fingerprint density at radius 1 is 1.09 bits per heavy atom. The number of aromatic hydroxyl groups is 1. The lowest BCUT2D eigenvalue weighted by molar-refractivity contribution is -0.153. The van der Waals surface area contributed by atoms with Crippen molar-refractivity contribution in [3.63, 3.8) is 0 Å². The number of anilines is 2. The first kappa shape index (κ1) is 32.5. The molecule has 244 valence electrons. The number of hydrogen-bond acceptors (Lipinski definition) is 11. The van der Waals surface area contributed by atoms with Crippen molar-refractivity contribution in [2.45, 2.75) is 57.2 Å². The van der Waals surface area contributed by atoms with E-state index < -0.39 is 63.8 Å². The van der Waals surface area contributed by atoms with Crippen LogP contribution in [0.2, 0.25) is 0 Å². The molecule has 5 rings (SSSR count). The SMILES string of the molecule is CC(C)N1CCC(C(=O)Nc2cc(N(C)C)c3c(c2O)C(O)=C2C(=O)[C@]4(O)C(O)=C(C(N)=O)C(=O)[C@@H](N(C)C)[C@@H]4C[C@@H]2C3)CC1. The van der Waals surface area contributed by atoms with Crippen LogP contribution in [0.5, 0.6) is 5.75 Å². The standard InChI is InChI=1S/C32H43N5O8/c1-14(2)37-9-7-15(8-10-37)31(44)34-19-13-20(35(3)4)17-11-16-12-18-24(36(5)6)27(40)23(30(33)43)29(42)32(18,45)28(41)21(16)26(39)22(17)25(19)38/h13-16,18,24,38-39,42,45H,7-12H2,1-6H3,(H2,33,43)(H,34,44)/t16-,18-,24-,32-/m0/s1. The second-order valence-corrected chi connectivity index (χ2v) is 13.4. The van der Waals surface area contributed by atoms with Gasteiger partial charge in [-0.25, -0.2) is 0 Å². The van der Waals surface area contributed by atoms with E-state index in [-0.39, 0.29) is 41.5 Å². The van der Waals surface area contributed by atoms with Crippen LogP contribution in [0, 0.1) is 17.8 Å². The number of carbonyl (C=O) groups excluding carboxylic acids is 4. The van der Waals surface area contributed by atoms with Gasteiger partial charge in [0, 0.05) is 43.2 Å². The molecule has 1 saturated carbocycles. The number of nitrogens with zero attached hydrogens (tertiary/aromatic N) is 3. The highest BCUT2D eigenvalue weighted by molar-refractivity contribution is 6.24. The molecule has 4 atom stereocenters. The summed E-state index contributed by atoms with van der Waals surface area (Å²) in [5.74, 6) is -7.74. The van der Waals surface area contributed by atoms with Crippen molar-refractivity contribution in [3.8, 4) is 5.75 Å². The van der Waals surface area contributed by atoms with E-state index in [0.29, 0.717) is 30.1 Å². The molecule has 1 aromatic carbocycles. The number of nitrogens with two attached hydrogens (primary N) is 1. The van der Waals surface area contributed by atoms with E-state index in [0.717, 1.165) is 13.1 Å². The molecule has 0 unspecified atom stereocenters. The van der Waals surface area contributed by atoms with Crippen molar-refractivity contribution in [1.82, 2.24) is 9.80 Å². The molecule has 1 aromatic rings. The van der Waals surface area contributed by atoms with Crippen LogP contribution in [0.25, 0.3) is 5.76 Å². The zero-order valence-corrected chi connectivity index (χ0v) is 26.5. The smallest absolute Gasteiger partial charge is 0.255 e. The molecular weight excluding hydrogens is 582 g/mol. The van der Waals surface area contributed by atoms with Crippen LogP contribution in [0.3, 0.4) is 0 Å². The highest BCUT2D eigenvalue weighted by Gasteiger charge is 2.64. The minimum atomic E-state index is -2.72. The number of Topliss-reactive ketones (excluding diaryl/α,β-unsaturated/α-hetero) is 2. The predicted octanol–water partition coefficient (Wildman–Crippen LogP) is 1.09. The van der Waals surface area contributed by atoms with Crippen LogP contribution in [0.15, 0.2) is 23.0 Å². The minimum Gasteiger partial charge on any atom is -0.508 e. The summed E-state index contributed by atoms with van der Waals surface area (Å²) in [6.45, 7) is 5.76. The quantitative estimate of drug-likeness (QED) is 0.196. The van der Waals surface area contributed by atoms with Gasteiger partial charge in [-0.3, -0.25) is 24.1 Å². The number of benzene rings is 1. The Balaban J connectivity index is 1.59. The number of nitrogens with one attached hydrogen (secondary N) is 1. The topological polar surface area (TPSA) is 197 Å². The number of aliphatic hydroxyl groups excluding tert-OH is 2. The summed E-state index contributed by atoms with van der Waals surface area (Å²) in [5, 5.41) is 48.9. The number of amides is 2. The number of fused-ring (bicyclic) bond motifs is 3. The van der Waals surface area contributed by atoms with E-state index in [9.17, 15) is 39.6 Å². The number of carbonyl (C=O) groups is 4. The third-order valence-corrected chi connectivity index (χ3v) is 10.1. The highest BCUT2D eigenvalue weighted by atomic mass is 16.3. The number of ketones is 2. The van der Waals surface area contributed by atoms with Gasteiger partial charge in [0.1, 0.15) is 22.8 Å². The molecule has 7 N–H and O–H groups in total. The predicted molar refractivity (Wildman–Crippen MR) is 167 cm³/mol. The fraction of sp³-hybridized carbons (Fsp3) is 0.562. The minimum absolute atomic E-state index is 0.00699. The van der Waals surface area contributed by atoms with Gasteiger partial charge < -0.3 is 41.3 Å². The maximum atomic E-state index is 14.2. The van der Waals surface area contributed by atoms with Gasteiger partial charge in [-0.05, 0) is 84.3 Å². The molecule has 3 aliphatic carbocycles. The van der Waals surface area contributed by atoms with Crippen molar-refractivity contribution < 1.29 is 39.6 Å². The molecule has 0 radical (unpaired) electrons. The fourth-order valence-electron chi connectivity index (χ4n) is 7.70. The van der Waals surface area contributed by atoms with Gasteiger partial charge >= 0.3 is 0 Å². The Kier molecular flexibility index (Phi) is 8.26. The number of likely N-dealkylation sites (N-methyl/N-ethyl adjacent to an activating group) is 1. The number of phenolic OH excluding ortho intramolecular Hbond substituents is 1. The molecule has 2 fully saturated rings. The van der Waals surface area contributed by atoms with Crippen LogP contribution in [-0.4, -0.2) is 113 Å². The van der Waals surface area contributed by atoms with Gasteiger partial charge in [0.05, 0.1) is 17.3 Å². The van der Waals surface area contributed by atoms with Crippen molar-refractivity contribution in [1.29, 1.82) is 0 Å². The summed E-state index contributed by atoms with van der Waals surface area (Å²) in [4.78, 5) is 58.5. The number of aliphatic hydroxyl groups is 3. The summed E-state index contributed by atoms with van der Waals surface area (Å²) < 4.78 is 0. The van der Waals surface area contributed by atoms with Gasteiger partial charge in [-0.15, -0.1) is 0 Å². The first-order valence-electron chi connectivity index (χ1n) is 15.3. The largest absolute Gasteiger partial charge is 0.508 e. The van der Waals surface area contributed by atoms with Crippen molar-refractivity contribution >= 4 is 40.5 Å². The normalized spacial score (nSPS) is 27.4. The van der Waals surface area contributed by atoms with Gasteiger partial charge in [0.25, 0.3) is 5.91 Å². The number of likely N-dealkylation sites (tertiary alicyclic amines) is 1. The van der Waals surface area contributed by atoms with Crippen LogP contribution >= 0.6 is 0 Å². The molecule has 4 aliphatic rings. The summed E-state index contributed by atoms with van der Waals surface area (Å²) in [6, 6.07) is 0.850. The lowest BCUT2D eigenvalue weighted by Gasteiger charge is -2.50. The lowest BCUT2D eigenvalue weighted by atomic mass is 9.57. The summed E-state index contributed by atoms with van der Waals surface area (Å²) >= 11 is 0. The molecule has 2 amide bonds. The molecule has 0 spiro atoms. The van der Waals surface area contributed by atoms with E-state index in [1.807, 2.05) is 0 Å². The van der Waals surface area contributed by atoms with Crippen molar-refractivity contribution in [3.05, 3.63) is 34.1 Å². The first-order valence-corrected chi connectivity index (χ1v) is 15.3. The molecule has 1 saturated heterocycles. The lowest BCUT2D eigenvalue weighted by Crippen LogP contribution is -2.65. The Morgan fingerprint density at radius 2 is 1.71 bits per heavy atom. The van der Waals surface area contributed by atoms with E-state index in [2.05, 4.69) is 24.1 Å². The summed E-state index contributed by atoms with van der Waals surface area (Å²) in [5.41, 5.74) is 2.68. The fourth-order valence-corrected chi connectivity index (χ4v) is 7.70. The number of hydrogen-bond donors (Lipinski definition) is 6. The molecule has 45 heavy (non-hydrogen) atoms. The Hall–Kier alpha value is -3.94. The third-order valence-electron chi connectivity index (χ3n) is 10.1. The number of piperidine rings is 1. The number of primary amides is 1. The van der Waals surface area contributed by atoms with E-state index in [4.69, 9.17) is 5.73 Å². The molecule has 0 bridgehead atoms. The number of rotatable bonds is 6. The Bertz CT molecular complexity index is 1540. The number of phenols is 1. The van der Waals surface area contributed by atoms with Gasteiger partial charge in [0.2, 0.25) is 11.7 Å². The molecule has 13 heteroatoms. The highest BCUT2D eigenvalue weighted by Crippen LogP contribution is 2.54. The second-order valence-electron chi connectivity index (χ2n) is 13.4. The zero-order valence-electron chi connectivity index (χ0n) is 26.5. The van der Waals surface area contributed by atoms with Crippen LogP contribution < -0.4 is 16.0 Å². The van der Waals surface area contributed by atoms with Crippen LogP contribution in [0.1, 0.15) is 44.2 Å². The molecule has 0 aromatic heterocycles. The summed E-state index contributed by atoms with van der Waals surface area (Å²) in [7, 11) is 6.66. The van der Waals surface area contributed by atoms with E-state index in [1.54, 1.807) is 39.2 Å². The van der Waals surface area contributed by atoms with Gasteiger partial charge in [-0.1, -0.05) is 0 Å². The van der Waals surface area contributed by atoms with Crippen LogP contribution in [-0.2, 0) is 25.6 Å². The zero-order chi connectivity index (χ0) is 33.3. The maximum absolute atomic E-state index is 14.2. The van der Waals surface area contributed by atoms with Crippen LogP contribution in [0.4, 0.5) is 11.4 Å².